The molecule has 0 bridgehead atoms. The number of aryl methyl sites for hydroxylation is 1. The van der Waals surface area contributed by atoms with E-state index in [4.69, 9.17) is 0 Å². The van der Waals surface area contributed by atoms with Gasteiger partial charge in [-0.05, 0) is 47.3 Å². The van der Waals surface area contributed by atoms with E-state index < -0.39 is 0 Å². The molecule has 0 spiro atoms. The molecule has 0 atom stereocenters. The molecule has 1 aliphatic carbocycles. The number of hydrogen-bond acceptors (Lipinski definition) is 3. The van der Waals surface area contributed by atoms with Crippen molar-refractivity contribution in [3.8, 4) is 11.5 Å². The third kappa shape index (κ3) is 2.42. The fraction of sp³-hybridized carbons (Fsp3) is 0.400. The van der Waals surface area contributed by atoms with Crippen molar-refractivity contribution in [3.63, 3.8) is 0 Å². The van der Waals surface area contributed by atoms with Gasteiger partial charge in [-0.15, -0.1) is 0 Å². The molecular formula is C15H16BrN3O. The third-order valence-corrected chi connectivity index (χ3v) is 4.63. The van der Waals surface area contributed by atoms with Crippen LogP contribution in [0.15, 0.2) is 27.6 Å². The van der Waals surface area contributed by atoms with Gasteiger partial charge in [0.15, 0.2) is 5.82 Å². The van der Waals surface area contributed by atoms with Crippen LogP contribution in [0, 0.1) is 6.92 Å². The first-order valence-corrected chi connectivity index (χ1v) is 7.68. The van der Waals surface area contributed by atoms with Crippen molar-refractivity contribution in [1.29, 1.82) is 0 Å². The van der Waals surface area contributed by atoms with Crippen LogP contribution in [0.4, 0.5) is 0 Å². The van der Waals surface area contributed by atoms with E-state index in [2.05, 4.69) is 30.9 Å². The predicted molar refractivity (Wildman–Crippen MR) is 81.7 cm³/mol. The summed E-state index contributed by atoms with van der Waals surface area (Å²) in [5, 5.41) is 0. The van der Waals surface area contributed by atoms with Crippen LogP contribution in [0.2, 0.25) is 0 Å². The first-order valence-electron chi connectivity index (χ1n) is 6.88. The number of rotatable bonds is 2. The maximum Gasteiger partial charge on any atom is 0.265 e. The topological polar surface area (TPSA) is 58.6 Å². The van der Waals surface area contributed by atoms with E-state index in [0.29, 0.717) is 16.2 Å². The van der Waals surface area contributed by atoms with Crippen LogP contribution in [0.1, 0.15) is 42.9 Å². The number of pyridine rings is 1. The fourth-order valence-corrected chi connectivity index (χ4v) is 3.30. The highest BCUT2D eigenvalue weighted by Crippen LogP contribution is 2.36. The Kier molecular flexibility index (Phi) is 3.70. The Morgan fingerprint density at radius 3 is 2.80 bits per heavy atom. The van der Waals surface area contributed by atoms with E-state index in [-0.39, 0.29) is 5.56 Å². The average molecular weight is 334 g/mol. The minimum Gasteiger partial charge on any atom is -0.304 e. The van der Waals surface area contributed by atoms with E-state index in [1.807, 2.05) is 19.1 Å². The van der Waals surface area contributed by atoms with Crippen molar-refractivity contribution < 1.29 is 0 Å². The van der Waals surface area contributed by atoms with Gasteiger partial charge in [-0.2, -0.15) is 0 Å². The molecule has 0 amide bonds. The molecule has 0 unspecified atom stereocenters. The number of nitrogens with one attached hydrogen (secondary N) is 1. The molecule has 1 fully saturated rings. The maximum atomic E-state index is 12.1. The average Bonchev–Trinajstić information content (AvgIpc) is 2.96. The standard InChI is InChI=1S/C15H16BrN3O/c1-9-5-4-8-17-12(9)14-18-13(10-6-2-3-7-10)11(16)15(20)19-14/h4-5,8,10H,2-3,6-7H2,1H3,(H,18,19,20). The van der Waals surface area contributed by atoms with Crippen LogP contribution >= 0.6 is 15.9 Å². The zero-order valence-electron chi connectivity index (χ0n) is 11.3. The summed E-state index contributed by atoms with van der Waals surface area (Å²) >= 11 is 3.39. The Bertz CT molecular complexity index is 690. The summed E-state index contributed by atoms with van der Waals surface area (Å²) < 4.78 is 0.571. The third-order valence-electron chi connectivity index (χ3n) is 3.86. The van der Waals surface area contributed by atoms with Crippen LogP contribution in [0.25, 0.3) is 11.5 Å². The maximum absolute atomic E-state index is 12.1. The van der Waals surface area contributed by atoms with E-state index in [9.17, 15) is 4.79 Å². The summed E-state index contributed by atoms with van der Waals surface area (Å²) in [6.07, 6.45) is 6.36. The highest BCUT2D eigenvalue weighted by molar-refractivity contribution is 9.10. The lowest BCUT2D eigenvalue weighted by Gasteiger charge is -2.12. The molecule has 2 aromatic rings. The summed E-state index contributed by atoms with van der Waals surface area (Å²) in [5.74, 6) is 0.952. The van der Waals surface area contributed by atoms with E-state index in [0.717, 1.165) is 29.8 Å². The molecule has 20 heavy (non-hydrogen) atoms. The lowest BCUT2D eigenvalue weighted by atomic mass is 10.0. The SMILES string of the molecule is Cc1cccnc1-c1nc(C2CCCC2)c(Br)c(=O)[nH]1. The molecule has 1 saturated carbocycles. The van der Waals surface area contributed by atoms with Gasteiger partial charge in [0.1, 0.15) is 10.2 Å². The summed E-state index contributed by atoms with van der Waals surface area (Å²) in [5.41, 5.74) is 2.51. The van der Waals surface area contributed by atoms with Crippen molar-refractivity contribution in [2.24, 2.45) is 0 Å². The van der Waals surface area contributed by atoms with Gasteiger partial charge in [0.2, 0.25) is 0 Å². The first kappa shape index (κ1) is 13.5. The van der Waals surface area contributed by atoms with Crippen LogP contribution in [0.5, 0.6) is 0 Å². The molecule has 1 aliphatic rings. The monoisotopic (exact) mass is 333 g/mol. The summed E-state index contributed by atoms with van der Waals surface area (Å²) in [6.45, 7) is 1.97. The number of halogens is 1. The summed E-state index contributed by atoms with van der Waals surface area (Å²) in [7, 11) is 0. The zero-order chi connectivity index (χ0) is 14.1. The first-order chi connectivity index (χ1) is 9.66. The van der Waals surface area contributed by atoms with Crippen LogP contribution in [-0.2, 0) is 0 Å². The van der Waals surface area contributed by atoms with E-state index in [1.54, 1.807) is 6.20 Å². The number of hydrogen-bond donors (Lipinski definition) is 1. The lowest BCUT2D eigenvalue weighted by Crippen LogP contribution is -2.16. The molecule has 3 rings (SSSR count). The highest BCUT2D eigenvalue weighted by atomic mass is 79.9. The Morgan fingerprint density at radius 1 is 1.35 bits per heavy atom. The van der Waals surface area contributed by atoms with Gasteiger partial charge < -0.3 is 4.98 Å². The van der Waals surface area contributed by atoms with Gasteiger partial charge >= 0.3 is 0 Å². The quantitative estimate of drug-likeness (QED) is 0.913. The van der Waals surface area contributed by atoms with Gasteiger partial charge in [-0.25, -0.2) is 4.98 Å². The van der Waals surface area contributed by atoms with Crippen molar-refractivity contribution in [3.05, 3.63) is 44.4 Å². The van der Waals surface area contributed by atoms with Gasteiger partial charge in [0, 0.05) is 12.1 Å². The molecular weight excluding hydrogens is 318 g/mol. The minimum absolute atomic E-state index is 0.123. The van der Waals surface area contributed by atoms with Gasteiger partial charge in [-0.1, -0.05) is 18.9 Å². The predicted octanol–water partition coefficient (Wildman–Crippen LogP) is 3.56. The van der Waals surface area contributed by atoms with Crippen LogP contribution < -0.4 is 5.56 Å². The smallest absolute Gasteiger partial charge is 0.265 e. The van der Waals surface area contributed by atoms with Gasteiger partial charge in [0.05, 0.1) is 5.69 Å². The summed E-state index contributed by atoms with van der Waals surface area (Å²) in [4.78, 5) is 24.0. The lowest BCUT2D eigenvalue weighted by molar-refractivity contribution is 0.688. The molecule has 0 aliphatic heterocycles. The molecule has 0 aromatic carbocycles. The molecule has 1 N–H and O–H groups in total. The fourth-order valence-electron chi connectivity index (χ4n) is 2.79. The Hall–Kier alpha value is -1.49. The Morgan fingerprint density at radius 2 is 2.10 bits per heavy atom. The highest BCUT2D eigenvalue weighted by Gasteiger charge is 2.23. The molecule has 0 radical (unpaired) electrons. The van der Waals surface area contributed by atoms with Gasteiger partial charge in [-0.3, -0.25) is 9.78 Å². The zero-order valence-corrected chi connectivity index (χ0v) is 12.9. The Labute approximate surface area is 125 Å². The van der Waals surface area contributed by atoms with Crippen LogP contribution in [-0.4, -0.2) is 15.0 Å². The van der Waals surface area contributed by atoms with Crippen molar-refractivity contribution in [2.75, 3.05) is 0 Å². The minimum atomic E-state index is -0.123. The molecule has 5 heteroatoms. The van der Waals surface area contributed by atoms with Crippen LogP contribution in [0.3, 0.4) is 0 Å². The van der Waals surface area contributed by atoms with Crippen molar-refractivity contribution >= 4 is 15.9 Å². The molecule has 2 heterocycles. The van der Waals surface area contributed by atoms with Crippen molar-refractivity contribution in [2.45, 2.75) is 38.5 Å². The van der Waals surface area contributed by atoms with Gasteiger partial charge in [0.25, 0.3) is 5.56 Å². The molecule has 4 nitrogen and oxygen atoms in total. The summed E-state index contributed by atoms with van der Waals surface area (Å²) in [6, 6.07) is 3.85. The largest absolute Gasteiger partial charge is 0.304 e. The number of nitrogens with zero attached hydrogens (tertiary/aromatic N) is 2. The second kappa shape index (κ2) is 5.48. The van der Waals surface area contributed by atoms with E-state index in [1.165, 1.54) is 12.8 Å². The normalized spacial score (nSPS) is 15.7. The molecule has 104 valence electrons. The number of H-pyrrole nitrogens is 1. The van der Waals surface area contributed by atoms with Crippen molar-refractivity contribution in [1.82, 2.24) is 15.0 Å². The number of aromatic amines is 1. The molecule has 0 saturated heterocycles. The number of aromatic nitrogens is 3. The molecule has 2 aromatic heterocycles. The second-order valence-corrected chi connectivity index (χ2v) is 6.06. The Balaban J connectivity index is 2.14. The van der Waals surface area contributed by atoms with E-state index >= 15 is 0 Å². The second-order valence-electron chi connectivity index (χ2n) is 5.26.